The van der Waals surface area contributed by atoms with Crippen LogP contribution in [-0.4, -0.2) is 39.5 Å². The smallest absolute Gasteiger partial charge is 0.302 e. The molecule has 1 saturated heterocycles. The van der Waals surface area contributed by atoms with Crippen LogP contribution >= 0.6 is 0 Å². The molecule has 1 aliphatic rings. The molecule has 2 N–H and O–H groups in total. The van der Waals surface area contributed by atoms with Gasteiger partial charge in [0.05, 0.1) is 35.4 Å². The number of ether oxygens (including phenoxy) is 2. The van der Waals surface area contributed by atoms with Crippen molar-refractivity contribution in [1.82, 2.24) is 9.97 Å². The van der Waals surface area contributed by atoms with E-state index in [4.69, 9.17) is 9.47 Å². The molecule has 8 nitrogen and oxygen atoms in total. The number of H-pyrrole nitrogens is 1. The number of hydrogen-bond acceptors (Lipinski definition) is 6. The van der Waals surface area contributed by atoms with Crippen molar-refractivity contribution in [3.63, 3.8) is 0 Å². The van der Waals surface area contributed by atoms with Gasteiger partial charge in [-0.25, -0.2) is 4.98 Å². The summed E-state index contributed by atoms with van der Waals surface area (Å²) in [6.07, 6.45) is -0.0110. The predicted octanol–water partition coefficient (Wildman–Crippen LogP) is 5.68. The molecule has 2 heterocycles. The van der Waals surface area contributed by atoms with Crippen LogP contribution in [0.3, 0.4) is 0 Å². The van der Waals surface area contributed by atoms with E-state index in [0.717, 1.165) is 11.1 Å². The minimum absolute atomic E-state index is 0.0110. The SMILES string of the molecule is CCOc1cccc(/C(O)=C2\C(=O)C(=O)N(c3nc4ccc(C)cc4[nH]3)C2c2ccc(OC(C)C)cc2)c1. The van der Waals surface area contributed by atoms with Crippen LogP contribution in [0.1, 0.15) is 43.5 Å². The van der Waals surface area contributed by atoms with Crippen LogP contribution in [-0.2, 0) is 9.59 Å². The topological polar surface area (TPSA) is 105 Å². The molecule has 0 bridgehead atoms. The maximum Gasteiger partial charge on any atom is 0.302 e. The summed E-state index contributed by atoms with van der Waals surface area (Å²) >= 11 is 0. The van der Waals surface area contributed by atoms with Crippen molar-refractivity contribution in [1.29, 1.82) is 0 Å². The molecule has 1 fully saturated rings. The highest BCUT2D eigenvalue weighted by Crippen LogP contribution is 2.42. The fourth-order valence-corrected chi connectivity index (χ4v) is 4.65. The fourth-order valence-electron chi connectivity index (χ4n) is 4.65. The first-order valence-electron chi connectivity index (χ1n) is 12.5. The van der Waals surface area contributed by atoms with Gasteiger partial charge in [-0.1, -0.05) is 30.3 Å². The molecule has 3 aromatic carbocycles. The molecule has 0 radical (unpaired) electrons. The molecule has 1 atom stereocenters. The second-order valence-electron chi connectivity index (χ2n) is 9.45. The number of rotatable bonds is 7. The number of Topliss-reactive ketones (excluding diaryl/α,β-unsaturated/α-hetero) is 1. The maximum atomic E-state index is 13.5. The van der Waals surface area contributed by atoms with Gasteiger partial charge >= 0.3 is 5.91 Å². The average Bonchev–Trinajstić information content (AvgIpc) is 3.42. The second-order valence-corrected chi connectivity index (χ2v) is 9.45. The van der Waals surface area contributed by atoms with E-state index in [1.165, 1.54) is 4.90 Å². The zero-order valence-electron chi connectivity index (χ0n) is 21.7. The first kappa shape index (κ1) is 25.1. The van der Waals surface area contributed by atoms with Gasteiger partial charge in [0.1, 0.15) is 17.3 Å². The van der Waals surface area contributed by atoms with E-state index in [-0.39, 0.29) is 23.4 Å². The highest BCUT2D eigenvalue weighted by Gasteiger charge is 2.48. The monoisotopic (exact) mass is 511 g/mol. The number of nitrogens with zero attached hydrogens (tertiary/aromatic N) is 2. The van der Waals surface area contributed by atoms with Crippen molar-refractivity contribution in [3.05, 3.63) is 89.0 Å². The van der Waals surface area contributed by atoms with Crippen molar-refractivity contribution in [2.75, 3.05) is 11.5 Å². The first-order chi connectivity index (χ1) is 18.3. The van der Waals surface area contributed by atoms with E-state index in [0.29, 0.717) is 34.7 Å². The predicted molar refractivity (Wildman–Crippen MR) is 145 cm³/mol. The summed E-state index contributed by atoms with van der Waals surface area (Å²) in [6.45, 7) is 8.14. The molecule has 0 spiro atoms. The van der Waals surface area contributed by atoms with E-state index < -0.39 is 17.7 Å². The maximum absolute atomic E-state index is 13.5. The number of aliphatic hydroxyl groups excluding tert-OH is 1. The number of carbonyl (C=O) groups excluding carboxylic acids is 2. The quantitative estimate of drug-likeness (QED) is 0.188. The van der Waals surface area contributed by atoms with Crippen LogP contribution in [0.4, 0.5) is 5.95 Å². The Hall–Kier alpha value is -4.59. The Labute approximate surface area is 220 Å². The van der Waals surface area contributed by atoms with Crippen molar-refractivity contribution in [2.45, 2.75) is 39.8 Å². The summed E-state index contributed by atoms with van der Waals surface area (Å²) < 4.78 is 11.3. The van der Waals surface area contributed by atoms with Gasteiger partial charge in [-0.2, -0.15) is 0 Å². The standard InChI is InChI=1S/C30H29N3O5/c1-5-37-22-8-6-7-20(16-22)27(34)25-26(19-10-12-21(13-11-19)38-17(2)3)33(29(36)28(25)35)30-31-23-14-9-18(4)15-24(23)32-30/h6-17,26,34H,5H2,1-4H3,(H,31,32)/b27-25+. The number of aliphatic hydroxyl groups is 1. The third kappa shape index (κ3) is 4.61. The number of anilines is 1. The van der Waals surface area contributed by atoms with Crippen LogP contribution in [0.5, 0.6) is 11.5 Å². The minimum Gasteiger partial charge on any atom is -0.507 e. The third-order valence-electron chi connectivity index (χ3n) is 6.28. The van der Waals surface area contributed by atoms with Gasteiger partial charge in [0.25, 0.3) is 5.78 Å². The number of nitrogens with one attached hydrogen (secondary N) is 1. The average molecular weight is 512 g/mol. The number of aryl methyl sites for hydroxylation is 1. The Balaban J connectivity index is 1.68. The normalized spacial score (nSPS) is 17.0. The molecule has 1 aliphatic heterocycles. The Morgan fingerprint density at radius 1 is 1.05 bits per heavy atom. The summed E-state index contributed by atoms with van der Waals surface area (Å²) in [5, 5.41) is 11.4. The number of hydrogen-bond donors (Lipinski definition) is 2. The lowest BCUT2D eigenvalue weighted by Gasteiger charge is -2.23. The lowest BCUT2D eigenvalue weighted by molar-refractivity contribution is -0.132. The molecule has 1 unspecified atom stereocenters. The summed E-state index contributed by atoms with van der Waals surface area (Å²) in [4.78, 5) is 36.1. The number of aromatic nitrogens is 2. The van der Waals surface area contributed by atoms with Crippen LogP contribution in [0.15, 0.2) is 72.3 Å². The highest BCUT2D eigenvalue weighted by atomic mass is 16.5. The molecular weight excluding hydrogens is 482 g/mol. The number of amides is 1. The highest BCUT2D eigenvalue weighted by molar-refractivity contribution is 6.51. The van der Waals surface area contributed by atoms with E-state index in [2.05, 4.69) is 9.97 Å². The summed E-state index contributed by atoms with van der Waals surface area (Å²) in [6, 6.07) is 18.8. The van der Waals surface area contributed by atoms with Gasteiger partial charge < -0.3 is 19.6 Å². The van der Waals surface area contributed by atoms with E-state index in [1.807, 2.05) is 45.9 Å². The Morgan fingerprint density at radius 3 is 2.53 bits per heavy atom. The van der Waals surface area contributed by atoms with Crippen LogP contribution in [0, 0.1) is 6.92 Å². The molecule has 0 saturated carbocycles. The zero-order chi connectivity index (χ0) is 27.0. The summed E-state index contributed by atoms with van der Waals surface area (Å²) in [5.74, 6) is -0.437. The lowest BCUT2D eigenvalue weighted by atomic mass is 9.95. The largest absolute Gasteiger partial charge is 0.507 e. The molecule has 8 heteroatoms. The molecular formula is C30H29N3O5. The molecule has 1 amide bonds. The summed E-state index contributed by atoms with van der Waals surface area (Å²) in [7, 11) is 0. The van der Waals surface area contributed by atoms with Gasteiger partial charge in [-0.15, -0.1) is 0 Å². The van der Waals surface area contributed by atoms with Gasteiger partial charge in [0.15, 0.2) is 0 Å². The van der Waals surface area contributed by atoms with Crippen molar-refractivity contribution in [3.8, 4) is 11.5 Å². The molecule has 5 rings (SSSR count). The van der Waals surface area contributed by atoms with Gasteiger partial charge in [-0.05, 0) is 75.2 Å². The van der Waals surface area contributed by atoms with Gasteiger partial charge in [0.2, 0.25) is 5.95 Å². The minimum atomic E-state index is -0.916. The van der Waals surface area contributed by atoms with Crippen LogP contribution < -0.4 is 14.4 Å². The van der Waals surface area contributed by atoms with Gasteiger partial charge in [-0.3, -0.25) is 14.5 Å². The Kier molecular flexibility index (Phi) is 6.63. The number of fused-ring (bicyclic) bond motifs is 1. The Bertz CT molecular complexity index is 1550. The number of ketones is 1. The summed E-state index contributed by atoms with van der Waals surface area (Å²) in [5.41, 5.74) is 3.40. The number of aromatic amines is 1. The number of imidazole rings is 1. The molecule has 1 aromatic heterocycles. The van der Waals surface area contributed by atoms with E-state index in [9.17, 15) is 14.7 Å². The van der Waals surface area contributed by atoms with Crippen molar-refractivity contribution < 1.29 is 24.2 Å². The van der Waals surface area contributed by atoms with Crippen LogP contribution in [0.25, 0.3) is 16.8 Å². The lowest BCUT2D eigenvalue weighted by Crippen LogP contribution is -2.30. The third-order valence-corrected chi connectivity index (χ3v) is 6.28. The van der Waals surface area contributed by atoms with E-state index >= 15 is 0 Å². The fraction of sp³-hybridized carbons (Fsp3) is 0.233. The Morgan fingerprint density at radius 2 is 1.82 bits per heavy atom. The first-order valence-corrected chi connectivity index (χ1v) is 12.5. The second kappa shape index (κ2) is 10.0. The number of benzene rings is 3. The zero-order valence-corrected chi connectivity index (χ0v) is 21.7. The van der Waals surface area contributed by atoms with Crippen LogP contribution in [0.2, 0.25) is 0 Å². The van der Waals surface area contributed by atoms with Gasteiger partial charge in [0, 0.05) is 5.56 Å². The molecule has 194 valence electrons. The molecule has 38 heavy (non-hydrogen) atoms. The van der Waals surface area contributed by atoms with Crippen molar-refractivity contribution >= 4 is 34.4 Å². The number of carbonyl (C=O) groups is 2. The molecule has 0 aliphatic carbocycles. The van der Waals surface area contributed by atoms with Crippen molar-refractivity contribution in [2.24, 2.45) is 0 Å². The molecule has 4 aromatic rings. The van der Waals surface area contributed by atoms with E-state index in [1.54, 1.807) is 48.5 Å².